The van der Waals surface area contributed by atoms with Crippen molar-refractivity contribution in [1.82, 2.24) is 0 Å². The van der Waals surface area contributed by atoms with E-state index in [0.29, 0.717) is 0 Å². The molecule has 0 N–H and O–H groups in total. The quantitative estimate of drug-likeness (QED) is 0.0120. The number of aryl methyl sites for hydroxylation is 2. The average molecular weight is 1200 g/mol. The van der Waals surface area contributed by atoms with Crippen molar-refractivity contribution in [3.63, 3.8) is 0 Å². The van der Waals surface area contributed by atoms with Crippen molar-refractivity contribution in [3.05, 3.63) is 87.5 Å². The molecule has 0 fully saturated rings. The second kappa shape index (κ2) is 64.4. The SMILES string of the molecule is CCCCCCCCCCCCCCCCCCCCC#CCCc1ccccc1C(=C(CCCC)C(=C=[N+]=[N-])CCCCCC)c1ccccc1CCC#CCCCCCCCCCCCCCCCCCCCCCCCCC.[CH3][Ni][CH3]. The Morgan fingerprint density at radius 1 is 0.333 bits per heavy atom. The second-order valence-corrected chi connectivity index (χ2v) is 26.1. The Bertz CT molecular complexity index is 2010. The molecule has 0 aromatic heterocycles. The summed E-state index contributed by atoms with van der Waals surface area (Å²) in [7, 11) is 0. The number of rotatable bonds is 56. The van der Waals surface area contributed by atoms with E-state index in [0.717, 1.165) is 76.2 Å². The van der Waals surface area contributed by atoms with Crippen molar-refractivity contribution < 1.29 is 19.2 Å². The maximum atomic E-state index is 10.1. The normalized spacial score (nSPS) is 11.3. The van der Waals surface area contributed by atoms with E-state index in [4.69, 9.17) is 0 Å². The molecule has 0 heterocycles. The fourth-order valence-corrected chi connectivity index (χ4v) is 12.1. The van der Waals surface area contributed by atoms with Gasteiger partial charge in [-0.05, 0) is 84.8 Å². The Labute approximate surface area is 531 Å². The van der Waals surface area contributed by atoms with E-state index in [1.54, 1.807) is 14.4 Å². The third kappa shape index (κ3) is 47.1. The fourth-order valence-electron chi connectivity index (χ4n) is 12.1. The molecule has 480 valence electrons. The Morgan fingerprint density at radius 2 is 0.595 bits per heavy atom. The van der Waals surface area contributed by atoms with Crippen molar-refractivity contribution >= 4 is 11.4 Å². The molecule has 2 aromatic carbocycles. The Balaban J connectivity index is 0.0000115. The van der Waals surface area contributed by atoms with Crippen molar-refractivity contribution in [1.29, 1.82) is 0 Å². The second-order valence-electron chi connectivity index (χ2n) is 25.1. The molecule has 0 aliphatic heterocycles. The van der Waals surface area contributed by atoms with Gasteiger partial charge in [-0.1, -0.05) is 352 Å². The van der Waals surface area contributed by atoms with Crippen LogP contribution in [0.3, 0.4) is 0 Å². The molecule has 0 unspecified atom stereocenters. The van der Waals surface area contributed by atoms with Crippen LogP contribution in [-0.4, -0.2) is 10.7 Å². The zero-order valence-electron chi connectivity index (χ0n) is 56.7. The van der Waals surface area contributed by atoms with Crippen molar-refractivity contribution in [3.8, 4) is 23.7 Å². The summed E-state index contributed by atoms with van der Waals surface area (Å²) in [4.78, 5) is 3.60. The van der Waals surface area contributed by atoms with Crippen molar-refractivity contribution in [2.75, 3.05) is 0 Å². The number of allylic oxidation sites excluding steroid dienone is 2. The Kier molecular flexibility index (Phi) is 60.6. The first-order valence-corrected chi connectivity index (χ1v) is 38.6. The standard InChI is InChI=1S/C79H130N2.2CH3.Ni/c1-5-9-13-16-18-20-22-24-26-28-30-32-34-35-36-37-38-40-42-44-46-48-50-52-54-56-59-65-74-67-61-63-71-77(74)79(78(69-12-8-4)75(72-81-80)68-57-15-11-7-3)76-70-62-60-66-73(76)64-58-55-53-51-49-47-45-43-41-39-33-31-29-27-25-23-21-19-17-14-10-6-2;;;/h60-63,66-67,70-71H,5-52,57-59,64-65,68-69H2,1-4H3;2*1H3;. The fraction of sp³-hybridized carbons (Fsp3) is 0.753. The molecule has 0 atom stereocenters. The van der Waals surface area contributed by atoms with Crippen molar-refractivity contribution in [2.24, 2.45) is 0 Å². The molecule has 0 aliphatic rings. The molecular formula is C81H136N2Ni. The summed E-state index contributed by atoms with van der Waals surface area (Å²) in [6.07, 6.45) is 72.3. The molecule has 2 nitrogen and oxygen atoms in total. The van der Waals surface area contributed by atoms with Crippen LogP contribution in [0.1, 0.15) is 390 Å². The van der Waals surface area contributed by atoms with Gasteiger partial charge in [-0.25, -0.2) is 0 Å². The first kappa shape index (κ1) is 79.0. The van der Waals surface area contributed by atoms with Crippen molar-refractivity contribution in [2.45, 2.75) is 393 Å². The predicted octanol–water partition coefficient (Wildman–Crippen LogP) is 27.3. The summed E-state index contributed by atoms with van der Waals surface area (Å²) in [5, 5.41) is 0. The molecule has 0 radical (unpaired) electrons. The number of hydrogen-bond donors (Lipinski definition) is 0. The van der Waals surface area contributed by atoms with Crippen LogP contribution in [0.15, 0.2) is 59.7 Å². The van der Waals surface area contributed by atoms with Gasteiger partial charge in [0.15, 0.2) is 0 Å². The summed E-state index contributed by atoms with van der Waals surface area (Å²) in [6, 6.07) is 18.2. The van der Waals surface area contributed by atoms with E-state index in [-0.39, 0.29) is 0 Å². The minimum absolute atomic E-state index is 0.863. The van der Waals surface area contributed by atoms with Crippen LogP contribution < -0.4 is 0 Å². The van der Waals surface area contributed by atoms with Crippen LogP contribution in [0, 0.1) is 23.7 Å². The average Bonchev–Trinajstić information content (AvgIpc) is 3.09. The topological polar surface area (TPSA) is 36.4 Å². The molecule has 2 aromatic rings. The monoisotopic (exact) mass is 1200 g/mol. The summed E-state index contributed by atoms with van der Waals surface area (Å²) in [5.74, 6) is 21.6. The zero-order valence-corrected chi connectivity index (χ0v) is 57.7. The van der Waals surface area contributed by atoms with E-state index in [9.17, 15) is 5.53 Å². The molecule has 0 saturated carbocycles. The van der Waals surface area contributed by atoms with Crippen LogP contribution in [0.5, 0.6) is 0 Å². The van der Waals surface area contributed by atoms with Gasteiger partial charge in [0, 0.05) is 25.7 Å². The van der Waals surface area contributed by atoms with Gasteiger partial charge in [0.25, 0.3) is 0 Å². The zero-order chi connectivity index (χ0) is 60.5. The predicted molar refractivity (Wildman–Crippen MR) is 373 cm³/mol. The molecule has 0 aliphatic carbocycles. The third-order valence-corrected chi connectivity index (χ3v) is 17.3. The van der Waals surface area contributed by atoms with Gasteiger partial charge < -0.3 is 5.53 Å². The molecule has 0 bridgehead atoms. The maximum absolute atomic E-state index is 10.1. The molecule has 0 amide bonds. The number of benzene rings is 2. The van der Waals surface area contributed by atoms with Gasteiger partial charge in [-0.15, -0.1) is 28.5 Å². The molecule has 0 spiro atoms. The molecular weight excluding hydrogens is 1060 g/mol. The van der Waals surface area contributed by atoms with E-state index in [2.05, 4.69) is 122 Å². The Hall–Kier alpha value is -3.05. The van der Waals surface area contributed by atoms with Crippen LogP contribution >= 0.6 is 0 Å². The van der Waals surface area contributed by atoms with E-state index < -0.39 is 0 Å². The van der Waals surface area contributed by atoms with E-state index in [1.807, 2.05) is 0 Å². The number of unbranched alkanes of at least 4 members (excludes halogenated alkanes) is 45. The van der Waals surface area contributed by atoms with Crippen LogP contribution in [0.2, 0.25) is 11.8 Å². The van der Waals surface area contributed by atoms with Crippen LogP contribution in [0.4, 0.5) is 0 Å². The minimum atomic E-state index is 0.863. The molecule has 84 heavy (non-hydrogen) atoms. The van der Waals surface area contributed by atoms with E-state index >= 15 is 0 Å². The van der Waals surface area contributed by atoms with E-state index in [1.165, 1.54) is 316 Å². The van der Waals surface area contributed by atoms with Gasteiger partial charge in [-0.2, -0.15) is 0 Å². The first-order valence-electron chi connectivity index (χ1n) is 36.6. The van der Waals surface area contributed by atoms with Gasteiger partial charge in [0.05, 0.1) is 5.57 Å². The van der Waals surface area contributed by atoms with Gasteiger partial charge in [0.1, 0.15) is 0 Å². The summed E-state index contributed by atoms with van der Waals surface area (Å²) in [6.45, 7) is 9.17. The third-order valence-electron chi connectivity index (χ3n) is 17.3. The summed E-state index contributed by atoms with van der Waals surface area (Å²) >= 11 is 1.62. The molecule has 2 rings (SSSR count). The van der Waals surface area contributed by atoms with Gasteiger partial charge in [0.2, 0.25) is 0 Å². The van der Waals surface area contributed by atoms with Gasteiger partial charge in [-0.3, -0.25) is 0 Å². The summed E-state index contributed by atoms with van der Waals surface area (Å²) in [5.41, 5.74) is 19.0. The number of hydrogen-bond acceptors (Lipinski definition) is 0. The Morgan fingerprint density at radius 3 is 0.893 bits per heavy atom. The first-order chi connectivity index (χ1) is 41.6. The van der Waals surface area contributed by atoms with Crippen LogP contribution in [0.25, 0.3) is 11.1 Å². The van der Waals surface area contributed by atoms with Crippen LogP contribution in [-0.2, 0) is 27.3 Å². The molecule has 0 saturated heterocycles. The summed E-state index contributed by atoms with van der Waals surface area (Å²) < 4.78 is 0. The van der Waals surface area contributed by atoms with Gasteiger partial charge >= 0.3 is 32.1 Å². The number of nitrogens with zero attached hydrogens (tertiary/aromatic N) is 2. The molecule has 3 heteroatoms.